The second kappa shape index (κ2) is 4.56. The van der Waals surface area contributed by atoms with Gasteiger partial charge >= 0.3 is 0 Å². The van der Waals surface area contributed by atoms with E-state index in [4.69, 9.17) is 4.74 Å². The summed E-state index contributed by atoms with van der Waals surface area (Å²) in [5.41, 5.74) is 1.67. The Bertz CT molecular complexity index is 334. The van der Waals surface area contributed by atoms with Gasteiger partial charge in [0.1, 0.15) is 0 Å². The second-order valence-corrected chi connectivity index (χ2v) is 4.92. The van der Waals surface area contributed by atoms with Crippen LogP contribution < -0.4 is 0 Å². The van der Waals surface area contributed by atoms with Crippen LogP contribution >= 0.6 is 0 Å². The molecule has 88 valence electrons. The second-order valence-electron chi connectivity index (χ2n) is 4.92. The normalized spacial score (nSPS) is 20.0. The number of rotatable bonds is 2. The third kappa shape index (κ3) is 2.28. The van der Waals surface area contributed by atoms with E-state index < -0.39 is 5.60 Å². The number of aliphatic hydroxyl groups is 1. The summed E-state index contributed by atoms with van der Waals surface area (Å²) in [5, 5.41) is 10.5. The van der Waals surface area contributed by atoms with E-state index in [1.165, 1.54) is 5.56 Å². The molecule has 1 aliphatic rings. The van der Waals surface area contributed by atoms with Crippen LogP contribution in [-0.4, -0.2) is 18.3 Å². The fraction of sp³-hybridized carbons (Fsp3) is 0.571. The van der Waals surface area contributed by atoms with Crippen LogP contribution in [0.4, 0.5) is 0 Å². The molecule has 2 heteroatoms. The van der Waals surface area contributed by atoms with Gasteiger partial charge in [0, 0.05) is 26.1 Å². The van der Waals surface area contributed by atoms with Crippen molar-refractivity contribution < 1.29 is 9.84 Å². The molecule has 1 aliphatic heterocycles. The van der Waals surface area contributed by atoms with Gasteiger partial charge in [0.2, 0.25) is 0 Å². The van der Waals surface area contributed by atoms with Gasteiger partial charge in [-0.2, -0.15) is 0 Å². The molecule has 0 unspecified atom stereocenters. The van der Waals surface area contributed by atoms with Gasteiger partial charge in [-0.1, -0.05) is 38.1 Å². The highest BCUT2D eigenvalue weighted by Crippen LogP contribution is 2.32. The van der Waals surface area contributed by atoms with Gasteiger partial charge in [-0.15, -0.1) is 0 Å². The van der Waals surface area contributed by atoms with E-state index in [0.29, 0.717) is 32.0 Å². The maximum Gasteiger partial charge on any atom is 0.0940 e. The Morgan fingerprint density at radius 1 is 1.12 bits per heavy atom. The summed E-state index contributed by atoms with van der Waals surface area (Å²) < 4.78 is 5.29. The zero-order valence-electron chi connectivity index (χ0n) is 10.1. The molecule has 0 aliphatic carbocycles. The number of benzene rings is 1. The molecule has 1 fully saturated rings. The molecule has 1 aromatic rings. The Balaban J connectivity index is 2.20. The summed E-state index contributed by atoms with van der Waals surface area (Å²) in [6.45, 7) is 5.67. The van der Waals surface area contributed by atoms with Crippen LogP contribution in [0.3, 0.4) is 0 Å². The van der Waals surface area contributed by atoms with Crippen LogP contribution in [0.5, 0.6) is 0 Å². The highest BCUT2D eigenvalue weighted by molar-refractivity contribution is 5.29. The standard InChI is InChI=1S/C14H20O2/c1-11(2)12-3-5-13(6-4-12)14(15)7-9-16-10-8-14/h3-6,11,15H,7-10H2,1-2H3. The monoisotopic (exact) mass is 220 g/mol. The fourth-order valence-corrected chi connectivity index (χ4v) is 2.18. The minimum Gasteiger partial charge on any atom is -0.385 e. The topological polar surface area (TPSA) is 29.5 Å². The molecule has 1 heterocycles. The molecule has 0 atom stereocenters. The minimum atomic E-state index is -0.673. The van der Waals surface area contributed by atoms with Gasteiger partial charge in [-0.3, -0.25) is 0 Å². The van der Waals surface area contributed by atoms with Gasteiger partial charge in [0.25, 0.3) is 0 Å². The van der Waals surface area contributed by atoms with Crippen LogP contribution in [0.25, 0.3) is 0 Å². The average Bonchev–Trinajstić information content (AvgIpc) is 2.30. The fourth-order valence-electron chi connectivity index (χ4n) is 2.18. The molecule has 1 saturated heterocycles. The predicted molar refractivity (Wildman–Crippen MR) is 64.5 cm³/mol. The Hall–Kier alpha value is -0.860. The van der Waals surface area contributed by atoms with Crippen molar-refractivity contribution in [2.45, 2.75) is 38.2 Å². The third-order valence-corrected chi connectivity index (χ3v) is 3.43. The van der Waals surface area contributed by atoms with Crippen molar-refractivity contribution in [1.29, 1.82) is 0 Å². The first-order valence-electron chi connectivity index (χ1n) is 6.02. The van der Waals surface area contributed by atoms with Crippen LogP contribution in [0.15, 0.2) is 24.3 Å². The van der Waals surface area contributed by atoms with E-state index in [1.807, 2.05) is 0 Å². The lowest BCUT2D eigenvalue weighted by Crippen LogP contribution is -2.33. The largest absolute Gasteiger partial charge is 0.385 e. The zero-order chi connectivity index (χ0) is 11.6. The highest BCUT2D eigenvalue weighted by atomic mass is 16.5. The lowest BCUT2D eigenvalue weighted by atomic mass is 9.85. The first kappa shape index (κ1) is 11.6. The molecule has 0 saturated carbocycles. The maximum atomic E-state index is 10.5. The van der Waals surface area contributed by atoms with E-state index in [1.54, 1.807) is 0 Å². The molecule has 0 radical (unpaired) electrons. The van der Waals surface area contributed by atoms with E-state index >= 15 is 0 Å². The van der Waals surface area contributed by atoms with Crippen molar-refractivity contribution in [3.8, 4) is 0 Å². The van der Waals surface area contributed by atoms with E-state index in [9.17, 15) is 5.11 Å². The van der Waals surface area contributed by atoms with Crippen molar-refractivity contribution in [3.05, 3.63) is 35.4 Å². The number of hydrogen-bond donors (Lipinski definition) is 1. The summed E-state index contributed by atoms with van der Waals surface area (Å²) in [6.07, 6.45) is 1.40. The molecule has 0 spiro atoms. The molecule has 16 heavy (non-hydrogen) atoms. The minimum absolute atomic E-state index is 0.540. The zero-order valence-corrected chi connectivity index (χ0v) is 10.1. The SMILES string of the molecule is CC(C)c1ccc(C2(O)CCOCC2)cc1. The summed E-state index contributed by atoms with van der Waals surface area (Å²) in [4.78, 5) is 0. The summed E-state index contributed by atoms with van der Waals surface area (Å²) in [7, 11) is 0. The van der Waals surface area contributed by atoms with Gasteiger partial charge < -0.3 is 9.84 Å². The summed E-state index contributed by atoms with van der Waals surface area (Å²) >= 11 is 0. The average molecular weight is 220 g/mol. The highest BCUT2D eigenvalue weighted by Gasteiger charge is 2.31. The summed E-state index contributed by atoms with van der Waals surface area (Å²) in [5.74, 6) is 0.540. The van der Waals surface area contributed by atoms with Crippen molar-refractivity contribution >= 4 is 0 Å². The Labute approximate surface area is 97.3 Å². The molecule has 0 bridgehead atoms. The van der Waals surface area contributed by atoms with Crippen molar-refractivity contribution in [1.82, 2.24) is 0 Å². The van der Waals surface area contributed by atoms with Gasteiger partial charge in [-0.25, -0.2) is 0 Å². The quantitative estimate of drug-likeness (QED) is 0.830. The van der Waals surface area contributed by atoms with Gasteiger partial charge in [-0.05, 0) is 17.0 Å². The van der Waals surface area contributed by atoms with Crippen LogP contribution in [0, 0.1) is 0 Å². The van der Waals surface area contributed by atoms with Gasteiger partial charge in [0.05, 0.1) is 5.60 Å². The molecule has 0 aromatic heterocycles. The first-order valence-corrected chi connectivity index (χ1v) is 6.02. The molecule has 2 nitrogen and oxygen atoms in total. The Morgan fingerprint density at radius 3 is 2.19 bits per heavy atom. The van der Waals surface area contributed by atoms with Crippen molar-refractivity contribution in [2.24, 2.45) is 0 Å². The number of ether oxygens (including phenoxy) is 1. The Morgan fingerprint density at radius 2 is 1.69 bits per heavy atom. The molecular formula is C14H20O2. The molecule has 0 amide bonds. The van der Waals surface area contributed by atoms with Crippen LogP contribution in [0.1, 0.15) is 43.7 Å². The Kier molecular flexibility index (Phi) is 3.31. The summed E-state index contributed by atoms with van der Waals surface area (Å²) in [6, 6.07) is 8.35. The molecule has 1 aromatic carbocycles. The van der Waals surface area contributed by atoms with E-state index in [-0.39, 0.29) is 0 Å². The molecule has 1 N–H and O–H groups in total. The molecular weight excluding hydrogens is 200 g/mol. The first-order chi connectivity index (χ1) is 7.62. The van der Waals surface area contributed by atoms with Gasteiger partial charge in [0.15, 0.2) is 0 Å². The predicted octanol–water partition coefficient (Wildman–Crippen LogP) is 2.81. The van der Waals surface area contributed by atoms with E-state index in [2.05, 4.69) is 38.1 Å². The molecule has 2 rings (SSSR count). The van der Waals surface area contributed by atoms with Crippen LogP contribution in [-0.2, 0) is 10.3 Å². The third-order valence-electron chi connectivity index (χ3n) is 3.43. The number of hydrogen-bond acceptors (Lipinski definition) is 2. The lowest BCUT2D eigenvalue weighted by molar-refractivity contribution is -0.0679. The smallest absolute Gasteiger partial charge is 0.0940 e. The maximum absolute atomic E-state index is 10.5. The van der Waals surface area contributed by atoms with Crippen molar-refractivity contribution in [3.63, 3.8) is 0 Å². The lowest BCUT2D eigenvalue weighted by Gasteiger charge is -2.32. The van der Waals surface area contributed by atoms with E-state index in [0.717, 1.165) is 5.56 Å². The van der Waals surface area contributed by atoms with Crippen molar-refractivity contribution in [2.75, 3.05) is 13.2 Å². The van der Waals surface area contributed by atoms with Crippen LogP contribution in [0.2, 0.25) is 0 Å².